The number of halogens is 2. The van der Waals surface area contributed by atoms with E-state index in [1.54, 1.807) is 12.3 Å². The van der Waals surface area contributed by atoms with Gasteiger partial charge in [0.05, 0.1) is 0 Å². The van der Waals surface area contributed by atoms with Crippen molar-refractivity contribution >= 4 is 34.0 Å². The monoisotopic (exact) mass is 293 g/mol. The maximum atomic E-state index is 10.9. The third-order valence-electron chi connectivity index (χ3n) is 2.49. The van der Waals surface area contributed by atoms with Crippen LogP contribution in [-0.4, -0.2) is 22.8 Å². The molecule has 2 nitrogen and oxygen atoms in total. The normalized spacial score (nSPS) is 14.6. The highest BCUT2D eigenvalue weighted by atomic mass is 35.5. The lowest BCUT2D eigenvalue weighted by atomic mass is 10.1. The predicted octanol–water partition coefficient (Wildman–Crippen LogP) is 3.41. The zero-order chi connectivity index (χ0) is 12.8. The highest BCUT2D eigenvalue weighted by molar-refractivity contribution is 7.84. The second-order valence-electron chi connectivity index (χ2n) is 3.97. The van der Waals surface area contributed by atoms with Gasteiger partial charge in [0.1, 0.15) is 0 Å². The van der Waals surface area contributed by atoms with Crippen LogP contribution in [0, 0.1) is 0 Å². The zero-order valence-corrected chi connectivity index (χ0v) is 12.3. The lowest BCUT2D eigenvalue weighted by Crippen LogP contribution is -2.21. The number of benzene rings is 1. The van der Waals surface area contributed by atoms with Gasteiger partial charge in [0.15, 0.2) is 0 Å². The molecule has 96 valence electrons. The summed E-state index contributed by atoms with van der Waals surface area (Å²) < 4.78 is 10.9. The highest BCUT2D eigenvalue weighted by Gasteiger charge is 2.09. The van der Waals surface area contributed by atoms with Gasteiger partial charge in [-0.1, -0.05) is 29.3 Å². The molecular formula is C12H17Cl2NOS. The fourth-order valence-corrected chi connectivity index (χ4v) is 2.68. The molecule has 0 amide bonds. The Morgan fingerprint density at radius 1 is 1.41 bits per heavy atom. The van der Waals surface area contributed by atoms with Gasteiger partial charge in [0.25, 0.3) is 0 Å². The van der Waals surface area contributed by atoms with E-state index in [1.807, 2.05) is 12.1 Å². The summed E-state index contributed by atoms with van der Waals surface area (Å²) in [7, 11) is -0.716. The quantitative estimate of drug-likeness (QED) is 0.815. The number of hydrogen-bond acceptors (Lipinski definition) is 2. The van der Waals surface area contributed by atoms with Gasteiger partial charge in [-0.2, -0.15) is 0 Å². The highest BCUT2D eigenvalue weighted by Crippen LogP contribution is 2.25. The van der Waals surface area contributed by atoms with Crippen molar-refractivity contribution in [1.82, 2.24) is 5.32 Å². The first-order valence-corrected chi connectivity index (χ1v) is 7.97. The van der Waals surface area contributed by atoms with E-state index in [4.69, 9.17) is 23.2 Å². The molecule has 5 heteroatoms. The van der Waals surface area contributed by atoms with Crippen molar-refractivity contribution in [3.8, 4) is 0 Å². The molecule has 1 aromatic rings. The fraction of sp³-hybridized carbons (Fsp3) is 0.500. The summed E-state index contributed by atoms with van der Waals surface area (Å²) in [5.41, 5.74) is 1.04. The van der Waals surface area contributed by atoms with Crippen LogP contribution in [0.4, 0.5) is 0 Å². The molecule has 0 heterocycles. The summed E-state index contributed by atoms with van der Waals surface area (Å²) >= 11 is 12.0. The van der Waals surface area contributed by atoms with Crippen molar-refractivity contribution in [2.75, 3.05) is 18.6 Å². The van der Waals surface area contributed by atoms with E-state index < -0.39 is 10.8 Å². The van der Waals surface area contributed by atoms with Crippen LogP contribution in [0.15, 0.2) is 18.2 Å². The van der Waals surface area contributed by atoms with Gasteiger partial charge in [-0.15, -0.1) is 0 Å². The first kappa shape index (κ1) is 15.0. The maximum Gasteiger partial charge on any atom is 0.0468 e. The zero-order valence-electron chi connectivity index (χ0n) is 10.0. The molecule has 0 aromatic heterocycles. The van der Waals surface area contributed by atoms with Crippen LogP contribution >= 0.6 is 23.2 Å². The van der Waals surface area contributed by atoms with Gasteiger partial charge in [0.2, 0.25) is 0 Å². The largest absolute Gasteiger partial charge is 0.310 e. The molecule has 0 spiro atoms. The van der Waals surface area contributed by atoms with E-state index >= 15 is 0 Å². The molecule has 1 rings (SSSR count). The summed E-state index contributed by atoms with van der Waals surface area (Å²) in [6.07, 6.45) is 2.62. The number of hydrogen-bond donors (Lipinski definition) is 1. The SMILES string of the molecule is CC(NCCCS(C)=O)c1ccc(Cl)cc1Cl. The Balaban J connectivity index is 2.46. The second kappa shape index (κ2) is 7.37. The fourth-order valence-electron chi connectivity index (χ4n) is 1.56. The Hall–Kier alpha value is -0.0900. The van der Waals surface area contributed by atoms with E-state index in [2.05, 4.69) is 12.2 Å². The van der Waals surface area contributed by atoms with Crippen LogP contribution in [0.5, 0.6) is 0 Å². The molecule has 0 bridgehead atoms. The summed E-state index contributed by atoms with van der Waals surface area (Å²) in [4.78, 5) is 0. The second-order valence-corrected chi connectivity index (χ2v) is 6.37. The Kier molecular flexibility index (Phi) is 6.49. The van der Waals surface area contributed by atoms with Gasteiger partial charge in [0, 0.05) is 38.9 Å². The van der Waals surface area contributed by atoms with Crippen molar-refractivity contribution in [3.05, 3.63) is 33.8 Å². The average Bonchev–Trinajstić information content (AvgIpc) is 2.23. The number of nitrogens with one attached hydrogen (secondary N) is 1. The minimum Gasteiger partial charge on any atom is -0.310 e. The van der Waals surface area contributed by atoms with Crippen LogP contribution < -0.4 is 5.32 Å². The number of rotatable bonds is 6. The van der Waals surface area contributed by atoms with Crippen LogP contribution in [-0.2, 0) is 10.8 Å². The van der Waals surface area contributed by atoms with Crippen LogP contribution in [0.3, 0.4) is 0 Å². The first-order chi connectivity index (χ1) is 8.00. The topological polar surface area (TPSA) is 29.1 Å². The van der Waals surface area contributed by atoms with Crippen molar-refractivity contribution in [2.45, 2.75) is 19.4 Å². The Morgan fingerprint density at radius 3 is 2.71 bits per heavy atom. The van der Waals surface area contributed by atoms with Gasteiger partial charge in [-0.05, 0) is 37.6 Å². The van der Waals surface area contributed by atoms with E-state index in [-0.39, 0.29) is 6.04 Å². The summed E-state index contributed by atoms with van der Waals surface area (Å²) in [6.45, 7) is 2.89. The van der Waals surface area contributed by atoms with Crippen LogP contribution in [0.25, 0.3) is 0 Å². The molecule has 0 aliphatic heterocycles. The minimum atomic E-state index is -0.716. The predicted molar refractivity (Wildman–Crippen MR) is 76.4 cm³/mol. The van der Waals surface area contributed by atoms with E-state index in [0.717, 1.165) is 24.3 Å². The van der Waals surface area contributed by atoms with Crippen molar-refractivity contribution in [3.63, 3.8) is 0 Å². The third kappa shape index (κ3) is 5.38. The first-order valence-electron chi connectivity index (χ1n) is 5.49. The van der Waals surface area contributed by atoms with E-state index in [0.29, 0.717) is 10.0 Å². The van der Waals surface area contributed by atoms with Gasteiger partial charge >= 0.3 is 0 Å². The molecule has 0 aliphatic carbocycles. The lowest BCUT2D eigenvalue weighted by Gasteiger charge is -2.15. The van der Waals surface area contributed by atoms with Gasteiger partial charge < -0.3 is 5.32 Å². The third-order valence-corrected chi connectivity index (χ3v) is 3.91. The molecular weight excluding hydrogens is 277 g/mol. The molecule has 0 fully saturated rings. The maximum absolute atomic E-state index is 10.9. The van der Waals surface area contributed by atoms with Crippen molar-refractivity contribution in [2.24, 2.45) is 0 Å². The van der Waals surface area contributed by atoms with Gasteiger partial charge in [-0.25, -0.2) is 0 Å². The Labute approximate surface area is 115 Å². The molecule has 0 saturated carbocycles. The molecule has 2 unspecified atom stereocenters. The molecule has 0 saturated heterocycles. The molecule has 1 aromatic carbocycles. The van der Waals surface area contributed by atoms with Crippen molar-refractivity contribution in [1.29, 1.82) is 0 Å². The molecule has 1 N–H and O–H groups in total. The summed E-state index contributed by atoms with van der Waals surface area (Å²) in [5.74, 6) is 0.730. The standard InChI is InChI=1S/C12H17Cl2NOS/c1-9(15-6-3-7-17(2)16)11-5-4-10(13)8-12(11)14/h4-5,8-9,15H,3,6-7H2,1-2H3. The molecule has 2 atom stereocenters. The van der Waals surface area contributed by atoms with E-state index in [1.165, 1.54) is 0 Å². The Morgan fingerprint density at radius 2 is 2.12 bits per heavy atom. The van der Waals surface area contributed by atoms with E-state index in [9.17, 15) is 4.21 Å². The molecule has 17 heavy (non-hydrogen) atoms. The lowest BCUT2D eigenvalue weighted by molar-refractivity contribution is 0.571. The average molecular weight is 294 g/mol. The molecule has 0 radical (unpaired) electrons. The Bertz CT molecular complexity index is 398. The van der Waals surface area contributed by atoms with Gasteiger partial charge in [-0.3, -0.25) is 4.21 Å². The molecule has 0 aliphatic rings. The summed E-state index contributed by atoms with van der Waals surface area (Å²) in [5, 5.41) is 4.68. The minimum absolute atomic E-state index is 0.171. The van der Waals surface area contributed by atoms with Crippen molar-refractivity contribution < 1.29 is 4.21 Å². The smallest absolute Gasteiger partial charge is 0.0468 e. The van der Waals surface area contributed by atoms with Crippen LogP contribution in [0.1, 0.15) is 24.9 Å². The summed E-state index contributed by atoms with van der Waals surface area (Å²) in [6, 6.07) is 5.69. The van der Waals surface area contributed by atoms with Crippen LogP contribution in [0.2, 0.25) is 10.0 Å².